The maximum Gasteiger partial charge on any atom is 0.317 e. The minimum absolute atomic E-state index is 0.00125. The third kappa shape index (κ3) is 5.12. The van der Waals surface area contributed by atoms with Crippen LogP contribution in [0.5, 0.6) is 0 Å². The molecule has 1 N–H and O–H groups in total. The Kier molecular flexibility index (Phi) is 5.86. The molecular weight excluding hydrogens is 292 g/mol. The smallest absolute Gasteiger partial charge is 0.317 e. The Bertz CT molecular complexity index is 469. The summed E-state index contributed by atoms with van der Waals surface area (Å²) in [5, 5.41) is 12.2. The van der Waals surface area contributed by atoms with Crippen LogP contribution in [-0.4, -0.2) is 54.0 Å². The molecule has 0 radical (unpaired) electrons. The van der Waals surface area contributed by atoms with E-state index >= 15 is 0 Å². The highest BCUT2D eigenvalue weighted by Gasteiger charge is 2.29. The van der Waals surface area contributed by atoms with Crippen molar-refractivity contribution in [3.8, 4) is 6.07 Å². The zero-order valence-corrected chi connectivity index (χ0v) is 14.3. The maximum absolute atomic E-state index is 12.3. The van der Waals surface area contributed by atoms with Crippen molar-refractivity contribution in [3.63, 3.8) is 0 Å². The molecular formula is C17H28N4O2. The number of nitrogens with zero attached hydrogens (tertiary/aromatic N) is 3. The molecule has 1 aliphatic heterocycles. The normalized spacial score (nSPS) is 20.0. The van der Waals surface area contributed by atoms with Gasteiger partial charge in [0.1, 0.15) is 0 Å². The van der Waals surface area contributed by atoms with Gasteiger partial charge in [0.05, 0.1) is 11.5 Å². The molecule has 0 aromatic heterocycles. The number of nitriles is 1. The molecule has 1 saturated heterocycles. The minimum atomic E-state index is -0.632. The lowest BCUT2D eigenvalue weighted by molar-refractivity contribution is -0.134. The molecule has 2 fully saturated rings. The highest BCUT2D eigenvalue weighted by atomic mass is 16.2. The molecule has 0 unspecified atom stereocenters. The van der Waals surface area contributed by atoms with Gasteiger partial charge in [0.15, 0.2) is 0 Å². The van der Waals surface area contributed by atoms with Gasteiger partial charge in [0.2, 0.25) is 5.91 Å². The van der Waals surface area contributed by atoms with Gasteiger partial charge in [-0.2, -0.15) is 5.26 Å². The van der Waals surface area contributed by atoms with Gasteiger partial charge >= 0.3 is 6.03 Å². The van der Waals surface area contributed by atoms with Crippen LogP contribution in [0.15, 0.2) is 0 Å². The number of urea groups is 1. The van der Waals surface area contributed by atoms with Crippen LogP contribution < -0.4 is 5.32 Å². The topological polar surface area (TPSA) is 76.4 Å². The standard InChI is InChI=1S/C17H28N4O2/c1-17(2,13-18)12-15(22)20-8-10-21(11-9-20)16(23)19-14-6-4-3-5-7-14/h14H,3-12H2,1-2H3,(H,19,23). The molecule has 1 saturated carbocycles. The predicted octanol–water partition coefficient (Wildman–Crippen LogP) is 2.11. The van der Waals surface area contributed by atoms with Crippen LogP contribution in [0.2, 0.25) is 0 Å². The first kappa shape index (κ1) is 17.6. The van der Waals surface area contributed by atoms with Crippen molar-refractivity contribution in [2.75, 3.05) is 26.2 Å². The Morgan fingerprint density at radius 1 is 1.09 bits per heavy atom. The summed E-state index contributed by atoms with van der Waals surface area (Å²) < 4.78 is 0. The molecule has 23 heavy (non-hydrogen) atoms. The number of piperazine rings is 1. The molecule has 2 aliphatic rings. The largest absolute Gasteiger partial charge is 0.339 e. The van der Waals surface area contributed by atoms with Gasteiger partial charge in [0.25, 0.3) is 0 Å². The lowest BCUT2D eigenvalue weighted by atomic mass is 9.91. The molecule has 0 spiro atoms. The fraction of sp³-hybridized carbons (Fsp3) is 0.824. The van der Waals surface area contributed by atoms with Crippen LogP contribution in [0.25, 0.3) is 0 Å². The van der Waals surface area contributed by atoms with Crippen LogP contribution in [0.3, 0.4) is 0 Å². The highest BCUT2D eigenvalue weighted by Crippen LogP contribution is 2.21. The first-order valence-electron chi connectivity index (χ1n) is 8.66. The average Bonchev–Trinajstić information content (AvgIpc) is 2.55. The van der Waals surface area contributed by atoms with Crippen molar-refractivity contribution in [2.45, 2.75) is 58.4 Å². The van der Waals surface area contributed by atoms with E-state index in [1.807, 2.05) is 0 Å². The Hall–Kier alpha value is -1.77. The van der Waals surface area contributed by atoms with E-state index in [0.717, 1.165) is 12.8 Å². The monoisotopic (exact) mass is 320 g/mol. The van der Waals surface area contributed by atoms with Gasteiger partial charge in [-0.15, -0.1) is 0 Å². The quantitative estimate of drug-likeness (QED) is 0.865. The Morgan fingerprint density at radius 3 is 2.22 bits per heavy atom. The Balaban J connectivity index is 1.75. The number of carbonyl (C=O) groups excluding carboxylic acids is 2. The zero-order valence-electron chi connectivity index (χ0n) is 14.3. The summed E-state index contributed by atoms with van der Waals surface area (Å²) in [6.07, 6.45) is 6.05. The molecule has 2 rings (SSSR count). The van der Waals surface area contributed by atoms with Gasteiger partial charge in [0, 0.05) is 38.6 Å². The number of carbonyl (C=O) groups is 2. The Labute approximate surface area is 138 Å². The van der Waals surface area contributed by atoms with Crippen LogP contribution in [0.1, 0.15) is 52.4 Å². The van der Waals surface area contributed by atoms with E-state index in [0.29, 0.717) is 32.2 Å². The van der Waals surface area contributed by atoms with Crippen LogP contribution in [0, 0.1) is 16.7 Å². The summed E-state index contributed by atoms with van der Waals surface area (Å²) in [5.74, 6) is 0.00360. The van der Waals surface area contributed by atoms with Crippen LogP contribution in [0.4, 0.5) is 4.79 Å². The molecule has 3 amide bonds. The lowest BCUT2D eigenvalue weighted by Gasteiger charge is -2.36. The Morgan fingerprint density at radius 2 is 1.65 bits per heavy atom. The number of hydrogen-bond acceptors (Lipinski definition) is 3. The van der Waals surface area contributed by atoms with Gasteiger partial charge in [-0.25, -0.2) is 4.79 Å². The first-order chi connectivity index (χ1) is 10.9. The van der Waals surface area contributed by atoms with Crippen molar-refractivity contribution in [1.29, 1.82) is 5.26 Å². The van der Waals surface area contributed by atoms with Gasteiger partial charge < -0.3 is 15.1 Å². The van der Waals surface area contributed by atoms with E-state index < -0.39 is 5.41 Å². The fourth-order valence-corrected chi connectivity index (χ4v) is 3.20. The highest BCUT2D eigenvalue weighted by molar-refractivity contribution is 5.78. The second kappa shape index (κ2) is 7.67. The number of nitrogens with one attached hydrogen (secondary N) is 1. The van der Waals surface area contributed by atoms with E-state index in [9.17, 15) is 9.59 Å². The third-order valence-electron chi connectivity index (χ3n) is 4.75. The van der Waals surface area contributed by atoms with Gasteiger partial charge in [-0.3, -0.25) is 4.79 Å². The van der Waals surface area contributed by atoms with Crippen molar-refractivity contribution in [1.82, 2.24) is 15.1 Å². The number of rotatable bonds is 3. The zero-order chi connectivity index (χ0) is 16.9. The van der Waals surface area contributed by atoms with Crippen molar-refractivity contribution in [2.24, 2.45) is 5.41 Å². The second-order valence-corrected chi connectivity index (χ2v) is 7.32. The summed E-state index contributed by atoms with van der Waals surface area (Å²) in [6.45, 7) is 5.79. The molecule has 128 valence electrons. The third-order valence-corrected chi connectivity index (χ3v) is 4.75. The molecule has 6 nitrogen and oxygen atoms in total. The van der Waals surface area contributed by atoms with E-state index in [-0.39, 0.29) is 18.4 Å². The summed E-state index contributed by atoms with van der Waals surface area (Å²) in [4.78, 5) is 28.1. The maximum atomic E-state index is 12.3. The molecule has 0 bridgehead atoms. The number of amides is 3. The summed E-state index contributed by atoms with van der Waals surface area (Å²) in [7, 11) is 0. The van der Waals surface area contributed by atoms with E-state index in [4.69, 9.17) is 5.26 Å². The van der Waals surface area contributed by atoms with Gasteiger partial charge in [-0.1, -0.05) is 19.3 Å². The summed E-state index contributed by atoms with van der Waals surface area (Å²) >= 11 is 0. The van der Waals surface area contributed by atoms with Crippen molar-refractivity contribution < 1.29 is 9.59 Å². The molecule has 1 heterocycles. The molecule has 1 aliphatic carbocycles. The van der Waals surface area contributed by atoms with Crippen molar-refractivity contribution >= 4 is 11.9 Å². The minimum Gasteiger partial charge on any atom is -0.339 e. The van der Waals surface area contributed by atoms with Crippen LogP contribution in [-0.2, 0) is 4.79 Å². The van der Waals surface area contributed by atoms with E-state index in [1.165, 1.54) is 19.3 Å². The van der Waals surface area contributed by atoms with E-state index in [2.05, 4.69) is 11.4 Å². The fourth-order valence-electron chi connectivity index (χ4n) is 3.20. The molecule has 0 aromatic rings. The van der Waals surface area contributed by atoms with Crippen molar-refractivity contribution in [3.05, 3.63) is 0 Å². The first-order valence-corrected chi connectivity index (χ1v) is 8.66. The summed E-state index contributed by atoms with van der Waals surface area (Å²) in [5.41, 5.74) is -0.632. The SMILES string of the molecule is CC(C)(C#N)CC(=O)N1CCN(C(=O)NC2CCCCC2)CC1. The second-order valence-electron chi connectivity index (χ2n) is 7.32. The summed E-state index contributed by atoms with van der Waals surface area (Å²) in [6, 6.07) is 2.48. The van der Waals surface area contributed by atoms with Gasteiger partial charge in [-0.05, 0) is 26.7 Å². The molecule has 0 aromatic carbocycles. The average molecular weight is 320 g/mol. The number of hydrogen-bond donors (Lipinski definition) is 1. The van der Waals surface area contributed by atoms with Crippen LogP contribution >= 0.6 is 0 Å². The molecule has 0 atom stereocenters. The predicted molar refractivity (Wildman–Crippen MR) is 87.6 cm³/mol. The van der Waals surface area contributed by atoms with E-state index in [1.54, 1.807) is 23.6 Å². The lowest BCUT2D eigenvalue weighted by Crippen LogP contribution is -2.55. The molecule has 6 heteroatoms.